The van der Waals surface area contributed by atoms with Crippen molar-refractivity contribution in [2.45, 2.75) is 59.2 Å². The van der Waals surface area contributed by atoms with Crippen molar-refractivity contribution in [3.8, 4) is 0 Å². The van der Waals surface area contributed by atoms with Crippen molar-refractivity contribution in [3.63, 3.8) is 0 Å². The van der Waals surface area contributed by atoms with Crippen molar-refractivity contribution in [1.82, 2.24) is 10.2 Å². The molecule has 2 unspecified atom stereocenters. The number of nitrogens with one attached hydrogen (secondary N) is 1. The third-order valence-electron chi connectivity index (χ3n) is 6.84. The van der Waals surface area contributed by atoms with Gasteiger partial charge in [0.15, 0.2) is 0 Å². The Morgan fingerprint density at radius 3 is 2.17 bits per heavy atom. The van der Waals surface area contributed by atoms with Crippen molar-refractivity contribution in [2.75, 3.05) is 17.1 Å². The molecule has 40 heavy (non-hydrogen) atoms. The van der Waals surface area contributed by atoms with Gasteiger partial charge in [0.1, 0.15) is 18.4 Å². The zero-order valence-corrected chi connectivity index (χ0v) is 24.5. The predicted octanol–water partition coefficient (Wildman–Crippen LogP) is 4.76. The Balaban J connectivity index is 2.07. The molecule has 0 fully saturated rings. The number of benzene rings is 3. The first-order valence-electron chi connectivity index (χ1n) is 13.3. The summed E-state index contributed by atoms with van der Waals surface area (Å²) in [6, 6.07) is 19.3. The van der Waals surface area contributed by atoms with Gasteiger partial charge in [0.2, 0.25) is 21.8 Å². The van der Waals surface area contributed by atoms with Crippen LogP contribution >= 0.6 is 0 Å². The molecule has 2 amide bonds. The molecule has 0 saturated carbocycles. The van der Waals surface area contributed by atoms with E-state index in [2.05, 4.69) is 5.32 Å². The molecule has 9 heteroatoms. The quantitative estimate of drug-likeness (QED) is 0.342. The summed E-state index contributed by atoms with van der Waals surface area (Å²) in [5, 5.41) is 2.99. The number of carbonyl (C=O) groups excluding carboxylic acids is 2. The van der Waals surface area contributed by atoms with Crippen LogP contribution in [0.4, 0.5) is 10.1 Å². The van der Waals surface area contributed by atoms with Gasteiger partial charge >= 0.3 is 0 Å². The zero-order valence-electron chi connectivity index (χ0n) is 23.7. The Morgan fingerprint density at radius 2 is 1.60 bits per heavy atom. The maximum absolute atomic E-state index is 14.1. The van der Waals surface area contributed by atoms with Crippen molar-refractivity contribution in [2.24, 2.45) is 0 Å². The van der Waals surface area contributed by atoms with E-state index in [1.807, 2.05) is 57.2 Å². The Hall–Kier alpha value is -3.72. The summed E-state index contributed by atoms with van der Waals surface area (Å²) < 4.78 is 40.6. The van der Waals surface area contributed by atoms with Crippen LogP contribution < -0.4 is 9.62 Å². The molecule has 3 aromatic carbocycles. The monoisotopic (exact) mass is 567 g/mol. The Kier molecular flexibility index (Phi) is 10.5. The highest BCUT2D eigenvalue weighted by molar-refractivity contribution is 7.92. The first kappa shape index (κ1) is 30.8. The summed E-state index contributed by atoms with van der Waals surface area (Å²) >= 11 is 0. The molecule has 2 atom stereocenters. The molecule has 3 rings (SSSR count). The van der Waals surface area contributed by atoms with E-state index in [9.17, 15) is 22.4 Å². The molecule has 0 heterocycles. The van der Waals surface area contributed by atoms with Crippen molar-refractivity contribution in [3.05, 3.63) is 101 Å². The predicted molar refractivity (Wildman–Crippen MR) is 157 cm³/mol. The molecule has 0 spiro atoms. The van der Waals surface area contributed by atoms with Gasteiger partial charge in [-0.1, -0.05) is 67.1 Å². The molecule has 214 valence electrons. The van der Waals surface area contributed by atoms with Gasteiger partial charge in [0.25, 0.3) is 0 Å². The first-order chi connectivity index (χ1) is 18.9. The number of hydrogen-bond acceptors (Lipinski definition) is 4. The number of aryl methyl sites for hydroxylation is 2. The van der Waals surface area contributed by atoms with Gasteiger partial charge in [-0.05, 0) is 62.1 Å². The normalized spacial score (nSPS) is 12.8. The van der Waals surface area contributed by atoms with E-state index >= 15 is 0 Å². The molecule has 7 nitrogen and oxygen atoms in total. The average molecular weight is 568 g/mol. The summed E-state index contributed by atoms with van der Waals surface area (Å²) in [7, 11) is -3.85. The van der Waals surface area contributed by atoms with Crippen LogP contribution in [-0.4, -0.2) is 50.0 Å². The summed E-state index contributed by atoms with van der Waals surface area (Å²) in [6.45, 7) is 7.03. The van der Waals surface area contributed by atoms with Crippen LogP contribution in [0, 0.1) is 19.7 Å². The molecule has 3 aromatic rings. The number of anilines is 1. The number of hydrogen-bond donors (Lipinski definition) is 1. The van der Waals surface area contributed by atoms with E-state index in [1.54, 1.807) is 31.2 Å². The SMILES string of the molecule is CCC(C)NC(=O)C(Cc1ccccc1)N(Cc1ccc(F)cc1)C(=O)CN(c1ccc(C)cc1C)S(C)(=O)=O. The van der Waals surface area contributed by atoms with Crippen molar-refractivity contribution >= 4 is 27.5 Å². The topological polar surface area (TPSA) is 86.8 Å². The van der Waals surface area contributed by atoms with Crippen molar-refractivity contribution in [1.29, 1.82) is 0 Å². The second kappa shape index (κ2) is 13.6. The van der Waals surface area contributed by atoms with Gasteiger partial charge in [0.05, 0.1) is 11.9 Å². The molecule has 0 aliphatic heterocycles. The first-order valence-corrected chi connectivity index (χ1v) is 15.2. The lowest BCUT2D eigenvalue weighted by Gasteiger charge is -2.34. The van der Waals surface area contributed by atoms with Gasteiger partial charge in [-0.15, -0.1) is 0 Å². The molecule has 0 aromatic heterocycles. The van der Waals surface area contributed by atoms with Gasteiger partial charge in [-0.25, -0.2) is 12.8 Å². The largest absolute Gasteiger partial charge is 0.352 e. The van der Waals surface area contributed by atoms with E-state index in [0.29, 0.717) is 23.2 Å². The van der Waals surface area contributed by atoms with Crippen LogP contribution in [0.25, 0.3) is 0 Å². The van der Waals surface area contributed by atoms with Gasteiger partial charge in [-0.3, -0.25) is 13.9 Å². The number of amides is 2. The Morgan fingerprint density at radius 1 is 0.950 bits per heavy atom. The minimum atomic E-state index is -3.85. The average Bonchev–Trinajstić information content (AvgIpc) is 2.90. The fourth-order valence-corrected chi connectivity index (χ4v) is 5.37. The summed E-state index contributed by atoms with van der Waals surface area (Å²) in [5.41, 5.74) is 3.52. The number of carbonyl (C=O) groups is 2. The minimum absolute atomic E-state index is 0.00494. The van der Waals surface area contributed by atoms with E-state index in [-0.39, 0.29) is 24.9 Å². The molecular formula is C31H38FN3O4S. The fourth-order valence-electron chi connectivity index (χ4n) is 4.46. The molecular weight excluding hydrogens is 529 g/mol. The minimum Gasteiger partial charge on any atom is -0.352 e. The standard InChI is InChI=1S/C31H38FN3O4S/c1-6-24(4)33-31(37)29(19-25-10-8-7-9-11-25)34(20-26-13-15-27(32)16-14-26)30(36)21-35(40(5,38)39)28-17-12-22(2)18-23(28)3/h7-18,24,29H,6,19-21H2,1-5H3,(H,33,37). The van der Waals surface area contributed by atoms with Crippen LogP contribution in [0.1, 0.15) is 42.5 Å². The molecule has 0 bridgehead atoms. The lowest BCUT2D eigenvalue weighted by atomic mass is 10.0. The Labute approximate surface area is 237 Å². The number of nitrogens with zero attached hydrogens (tertiary/aromatic N) is 2. The third-order valence-corrected chi connectivity index (χ3v) is 7.96. The molecule has 0 aliphatic carbocycles. The summed E-state index contributed by atoms with van der Waals surface area (Å²) in [6.07, 6.45) is 1.98. The number of sulfonamides is 1. The molecule has 0 radical (unpaired) electrons. The van der Waals surface area contributed by atoms with Crippen LogP contribution in [0.3, 0.4) is 0 Å². The van der Waals surface area contributed by atoms with Crippen LogP contribution in [-0.2, 0) is 32.6 Å². The lowest BCUT2D eigenvalue weighted by Crippen LogP contribution is -2.54. The highest BCUT2D eigenvalue weighted by Crippen LogP contribution is 2.25. The maximum atomic E-state index is 14.1. The highest BCUT2D eigenvalue weighted by atomic mass is 32.2. The number of halogens is 1. The van der Waals surface area contributed by atoms with Crippen LogP contribution in [0.2, 0.25) is 0 Å². The van der Waals surface area contributed by atoms with Crippen molar-refractivity contribution < 1.29 is 22.4 Å². The summed E-state index contributed by atoms with van der Waals surface area (Å²) in [4.78, 5) is 29.1. The highest BCUT2D eigenvalue weighted by Gasteiger charge is 2.33. The van der Waals surface area contributed by atoms with Gasteiger partial charge < -0.3 is 10.2 Å². The van der Waals surface area contributed by atoms with E-state index in [4.69, 9.17) is 0 Å². The number of rotatable bonds is 12. The van der Waals surface area contributed by atoms with E-state index < -0.39 is 34.3 Å². The summed E-state index contributed by atoms with van der Waals surface area (Å²) in [5.74, 6) is -1.31. The second-order valence-electron chi connectivity index (χ2n) is 10.2. The molecule has 0 saturated heterocycles. The smallest absolute Gasteiger partial charge is 0.244 e. The Bertz CT molecular complexity index is 1410. The van der Waals surface area contributed by atoms with Crippen LogP contribution in [0.15, 0.2) is 72.8 Å². The van der Waals surface area contributed by atoms with Gasteiger partial charge in [0, 0.05) is 19.0 Å². The second-order valence-corrected chi connectivity index (χ2v) is 12.1. The van der Waals surface area contributed by atoms with Gasteiger partial charge in [-0.2, -0.15) is 0 Å². The zero-order chi connectivity index (χ0) is 29.4. The fraction of sp³-hybridized carbons (Fsp3) is 0.355. The molecule has 1 N–H and O–H groups in total. The van der Waals surface area contributed by atoms with Crippen LogP contribution in [0.5, 0.6) is 0 Å². The van der Waals surface area contributed by atoms with E-state index in [1.165, 1.54) is 17.0 Å². The molecule has 0 aliphatic rings. The third kappa shape index (κ3) is 8.39. The maximum Gasteiger partial charge on any atom is 0.244 e. The lowest BCUT2D eigenvalue weighted by molar-refractivity contribution is -0.140. The van der Waals surface area contributed by atoms with E-state index in [0.717, 1.165) is 21.7 Å².